The van der Waals surface area contributed by atoms with E-state index in [-0.39, 0.29) is 35.9 Å². The molecule has 0 spiro atoms. The number of pyridine rings is 2. The molecular weight excluding hydrogens is 667 g/mol. The Morgan fingerprint density at radius 3 is 2.58 bits per heavy atom. The van der Waals surface area contributed by atoms with Crippen LogP contribution >= 0.6 is 0 Å². The molecule has 2 atom stereocenters. The first-order valence-corrected chi connectivity index (χ1v) is 17.4. The van der Waals surface area contributed by atoms with Crippen LogP contribution in [0, 0.1) is 5.82 Å². The van der Waals surface area contributed by atoms with Crippen molar-refractivity contribution in [2.75, 3.05) is 42.9 Å². The van der Waals surface area contributed by atoms with Crippen LogP contribution in [-0.2, 0) is 22.7 Å². The lowest BCUT2D eigenvalue weighted by Gasteiger charge is -2.36. The van der Waals surface area contributed by atoms with Crippen molar-refractivity contribution >= 4 is 46.0 Å². The molecule has 0 bridgehead atoms. The van der Waals surface area contributed by atoms with Gasteiger partial charge in [-0.25, -0.2) is 9.37 Å². The summed E-state index contributed by atoms with van der Waals surface area (Å²) in [6.07, 6.45) is 5.51. The maximum atomic E-state index is 15.0. The predicted octanol–water partition coefficient (Wildman–Crippen LogP) is 3.21. The molecule has 5 aromatic rings. The summed E-state index contributed by atoms with van der Waals surface area (Å²) in [6.45, 7) is 6.44. The van der Waals surface area contributed by atoms with E-state index in [2.05, 4.69) is 65.1 Å². The zero-order valence-electron chi connectivity index (χ0n) is 28.5. The predicted molar refractivity (Wildman–Crippen MR) is 189 cm³/mol. The van der Waals surface area contributed by atoms with Crippen molar-refractivity contribution in [1.82, 2.24) is 39.8 Å². The van der Waals surface area contributed by atoms with Gasteiger partial charge < -0.3 is 20.1 Å². The highest BCUT2D eigenvalue weighted by Crippen LogP contribution is 2.27. The Hall–Kier alpha value is -5.96. The maximum absolute atomic E-state index is 15.0. The third-order valence-electron chi connectivity index (χ3n) is 10.0. The summed E-state index contributed by atoms with van der Waals surface area (Å²) in [6, 6.07) is 14.9. The molecule has 266 valence electrons. The second-order valence-corrected chi connectivity index (χ2v) is 13.6. The molecule has 7 heterocycles. The quantitative estimate of drug-likeness (QED) is 0.206. The van der Waals surface area contributed by atoms with Gasteiger partial charge in [0.25, 0.3) is 11.8 Å². The third-order valence-corrected chi connectivity index (χ3v) is 10.0. The minimum Gasteiger partial charge on any atom is -0.369 e. The van der Waals surface area contributed by atoms with Crippen molar-refractivity contribution in [1.29, 1.82) is 0 Å². The highest BCUT2D eigenvalue weighted by atomic mass is 19.1. The summed E-state index contributed by atoms with van der Waals surface area (Å²) in [5.41, 5.74) is 4.92. The van der Waals surface area contributed by atoms with Gasteiger partial charge in [0.1, 0.15) is 22.9 Å². The molecule has 4 amide bonds. The first-order valence-electron chi connectivity index (χ1n) is 17.4. The lowest BCUT2D eigenvalue weighted by atomic mass is 9.91. The molecule has 1 unspecified atom stereocenters. The molecule has 1 aromatic carbocycles. The first-order chi connectivity index (χ1) is 25.2. The number of nitrogens with zero attached hydrogens (tertiary/aromatic N) is 7. The number of nitrogens with one attached hydrogen (secondary N) is 3. The van der Waals surface area contributed by atoms with E-state index in [4.69, 9.17) is 0 Å². The summed E-state index contributed by atoms with van der Waals surface area (Å²) in [5.74, 6) is -2.22. The largest absolute Gasteiger partial charge is 0.369 e. The minimum atomic E-state index is -0.563. The fraction of sp³-hybridized carbons (Fsp3) is 0.324. The summed E-state index contributed by atoms with van der Waals surface area (Å²) in [7, 11) is 0. The standard InChI is InChI=1S/C37H37FN10O4/c1-22-16-40-37(52)32-15-24-4-8-30(43-34(24)48(22)32)36(51)42-26-18-41-47(20-26)19-23-2-5-27(6-3-23)46-12-10-45(11-13-46)21-31-29(38)14-25(17-39-31)28-7-9-33(49)44-35(28)50/h2-6,8,14-15,17-18,20,22,28H,7,9-13,16,19,21H2,1H3,(H,40,52)(H,42,51)(H,44,49,50)/t22-,28?/m1/s1. The Balaban J connectivity index is 0.833. The number of carbonyl (C=O) groups is 4. The van der Waals surface area contributed by atoms with Crippen LogP contribution in [0.3, 0.4) is 0 Å². The number of piperazine rings is 1. The molecule has 0 radical (unpaired) electrons. The molecule has 0 aliphatic carbocycles. The monoisotopic (exact) mass is 704 g/mol. The summed E-state index contributed by atoms with van der Waals surface area (Å²) >= 11 is 0. The molecule has 3 N–H and O–H groups in total. The van der Waals surface area contributed by atoms with E-state index in [1.54, 1.807) is 35.4 Å². The SMILES string of the molecule is C[C@@H]1CNC(=O)c2cc3ccc(C(=O)Nc4cnn(Cc5ccc(N6CCN(Cc7ncc(C8CCC(=O)NC8=O)cc7F)CC6)cc5)c4)nc3n21. The van der Waals surface area contributed by atoms with E-state index in [0.29, 0.717) is 54.3 Å². The summed E-state index contributed by atoms with van der Waals surface area (Å²) in [4.78, 5) is 62.5. The van der Waals surface area contributed by atoms with E-state index in [9.17, 15) is 23.6 Å². The topological polar surface area (TPSA) is 159 Å². The van der Waals surface area contributed by atoms with Gasteiger partial charge in [0.15, 0.2) is 0 Å². The van der Waals surface area contributed by atoms with Crippen molar-refractivity contribution in [3.05, 3.63) is 101 Å². The van der Waals surface area contributed by atoms with Gasteiger partial charge in [-0.2, -0.15) is 5.10 Å². The molecule has 4 aromatic heterocycles. The van der Waals surface area contributed by atoms with Crippen LogP contribution in [0.25, 0.3) is 11.0 Å². The number of imide groups is 1. The Labute approximate surface area is 298 Å². The zero-order chi connectivity index (χ0) is 35.9. The van der Waals surface area contributed by atoms with Gasteiger partial charge in [-0.15, -0.1) is 0 Å². The number of halogens is 1. The van der Waals surface area contributed by atoms with Gasteiger partial charge in [0.2, 0.25) is 11.8 Å². The second kappa shape index (κ2) is 13.6. The van der Waals surface area contributed by atoms with Crippen LogP contribution in [0.15, 0.2) is 67.1 Å². The number of anilines is 2. The molecule has 8 rings (SSSR count). The Morgan fingerprint density at radius 1 is 1.00 bits per heavy atom. The normalized spacial score (nSPS) is 19.3. The molecule has 2 fully saturated rings. The third kappa shape index (κ3) is 6.62. The van der Waals surface area contributed by atoms with Crippen LogP contribution in [-0.4, -0.2) is 85.6 Å². The zero-order valence-corrected chi connectivity index (χ0v) is 28.5. The molecule has 0 saturated carbocycles. The number of rotatable bonds is 8. The number of fused-ring (bicyclic) bond motifs is 3. The lowest BCUT2D eigenvalue weighted by molar-refractivity contribution is -0.134. The fourth-order valence-electron chi connectivity index (χ4n) is 7.15. The van der Waals surface area contributed by atoms with Crippen molar-refractivity contribution in [2.24, 2.45) is 0 Å². The summed E-state index contributed by atoms with van der Waals surface area (Å²) < 4.78 is 18.6. The Bertz CT molecular complexity index is 2210. The lowest BCUT2D eigenvalue weighted by Crippen LogP contribution is -2.46. The number of hydrogen-bond donors (Lipinski definition) is 3. The smallest absolute Gasteiger partial charge is 0.274 e. The molecule has 52 heavy (non-hydrogen) atoms. The van der Waals surface area contributed by atoms with Gasteiger partial charge in [-0.3, -0.25) is 39.1 Å². The number of piperidine rings is 1. The molecule has 3 aliphatic heterocycles. The van der Waals surface area contributed by atoms with Gasteiger partial charge >= 0.3 is 0 Å². The van der Waals surface area contributed by atoms with Crippen molar-refractivity contribution in [2.45, 2.75) is 44.8 Å². The highest BCUT2D eigenvalue weighted by Gasteiger charge is 2.29. The minimum absolute atomic E-state index is 0.0232. The van der Waals surface area contributed by atoms with Crippen LogP contribution in [0.1, 0.15) is 69.5 Å². The van der Waals surface area contributed by atoms with E-state index < -0.39 is 17.6 Å². The van der Waals surface area contributed by atoms with Gasteiger partial charge in [-0.1, -0.05) is 12.1 Å². The van der Waals surface area contributed by atoms with Crippen LogP contribution in [0.4, 0.5) is 15.8 Å². The van der Waals surface area contributed by atoms with Gasteiger partial charge in [0, 0.05) is 69.2 Å². The Kier molecular flexibility index (Phi) is 8.71. The number of benzene rings is 1. The van der Waals surface area contributed by atoms with Crippen LogP contribution < -0.4 is 20.9 Å². The van der Waals surface area contributed by atoms with Crippen molar-refractivity contribution in [3.8, 4) is 0 Å². The molecule has 15 heteroatoms. The van der Waals surface area contributed by atoms with Crippen LogP contribution in [0.5, 0.6) is 0 Å². The van der Waals surface area contributed by atoms with E-state index >= 15 is 0 Å². The Morgan fingerprint density at radius 2 is 1.81 bits per heavy atom. The van der Waals surface area contributed by atoms with Crippen molar-refractivity contribution in [3.63, 3.8) is 0 Å². The average molecular weight is 705 g/mol. The summed E-state index contributed by atoms with van der Waals surface area (Å²) in [5, 5.41) is 13.3. The maximum Gasteiger partial charge on any atom is 0.274 e. The molecule has 14 nitrogen and oxygen atoms in total. The average Bonchev–Trinajstić information content (AvgIpc) is 3.76. The number of aromatic nitrogens is 5. The number of hydrogen-bond acceptors (Lipinski definition) is 9. The van der Waals surface area contributed by atoms with E-state index in [0.717, 1.165) is 42.8 Å². The number of amides is 4. The van der Waals surface area contributed by atoms with E-state index in [1.165, 1.54) is 6.07 Å². The first kappa shape index (κ1) is 33.2. The van der Waals surface area contributed by atoms with Gasteiger partial charge in [0.05, 0.1) is 36.1 Å². The molecule has 3 aliphatic rings. The van der Waals surface area contributed by atoms with Gasteiger partial charge in [-0.05, 0) is 60.9 Å². The molecule has 2 saturated heterocycles. The van der Waals surface area contributed by atoms with E-state index in [1.807, 2.05) is 17.6 Å². The second-order valence-electron chi connectivity index (χ2n) is 13.6. The highest BCUT2D eigenvalue weighted by molar-refractivity contribution is 6.05. The fourth-order valence-corrected chi connectivity index (χ4v) is 7.15. The van der Waals surface area contributed by atoms with Crippen LogP contribution in [0.2, 0.25) is 0 Å². The number of carbonyl (C=O) groups excluding carboxylic acids is 4. The van der Waals surface area contributed by atoms with Crippen molar-refractivity contribution < 1.29 is 23.6 Å². The molecular formula is C37H37FN10O4.